The molecule has 0 bridgehead atoms. The van der Waals surface area contributed by atoms with Crippen LogP contribution >= 0.6 is 0 Å². The van der Waals surface area contributed by atoms with Crippen molar-refractivity contribution in [3.05, 3.63) is 48.0 Å². The lowest BCUT2D eigenvalue weighted by Gasteiger charge is -2.08. The Kier molecular flexibility index (Phi) is 8.55. The maximum absolute atomic E-state index is 9.58. The van der Waals surface area contributed by atoms with E-state index in [2.05, 4.69) is 13.8 Å². The minimum atomic E-state index is 0.169. The number of unbranched alkanes of at least 4 members (excludes halogenated alkanes) is 1. The minimum absolute atomic E-state index is 0.169. The molecule has 0 heterocycles. The van der Waals surface area contributed by atoms with Gasteiger partial charge < -0.3 is 20.4 Å². The number of phenols is 4. The molecule has 0 aliphatic rings. The third-order valence-electron chi connectivity index (χ3n) is 4.00. The lowest BCUT2D eigenvalue weighted by atomic mass is 9.99. The van der Waals surface area contributed by atoms with E-state index in [9.17, 15) is 10.2 Å². The first-order valence-corrected chi connectivity index (χ1v) is 8.41. The first kappa shape index (κ1) is 19.7. The van der Waals surface area contributed by atoms with E-state index in [-0.39, 0.29) is 17.2 Å². The van der Waals surface area contributed by atoms with E-state index in [1.807, 2.05) is 0 Å². The minimum Gasteiger partial charge on any atom is -0.508 e. The van der Waals surface area contributed by atoms with Crippen LogP contribution in [0.2, 0.25) is 0 Å². The molecule has 2 aromatic carbocycles. The van der Waals surface area contributed by atoms with Gasteiger partial charge in [0.1, 0.15) is 23.0 Å². The summed E-state index contributed by atoms with van der Waals surface area (Å²) in [6.45, 7) is 4.48. The van der Waals surface area contributed by atoms with Gasteiger partial charge in [-0.1, -0.05) is 33.1 Å². The number of hydrogen-bond acceptors (Lipinski definition) is 4. The highest BCUT2D eigenvalue weighted by molar-refractivity contribution is 5.38. The molecule has 0 aliphatic carbocycles. The van der Waals surface area contributed by atoms with Crippen LogP contribution in [-0.4, -0.2) is 20.4 Å². The fraction of sp³-hybridized carbons (Fsp3) is 0.400. The number of aromatic hydroxyl groups is 4. The molecule has 0 amide bonds. The third kappa shape index (κ3) is 7.77. The molecule has 0 aromatic heterocycles. The van der Waals surface area contributed by atoms with Gasteiger partial charge in [-0.15, -0.1) is 0 Å². The highest BCUT2D eigenvalue weighted by atomic mass is 16.3. The Bertz CT molecular complexity index is 572. The average Bonchev–Trinajstić information content (AvgIpc) is 2.57. The van der Waals surface area contributed by atoms with Gasteiger partial charge in [-0.2, -0.15) is 0 Å². The molecule has 2 aromatic rings. The molecule has 4 nitrogen and oxygen atoms in total. The van der Waals surface area contributed by atoms with Gasteiger partial charge in [0.15, 0.2) is 0 Å². The molecule has 0 aliphatic heterocycles. The summed E-state index contributed by atoms with van der Waals surface area (Å²) in [6.07, 6.45) is 5.58. The van der Waals surface area contributed by atoms with Crippen molar-refractivity contribution in [3.63, 3.8) is 0 Å². The summed E-state index contributed by atoms with van der Waals surface area (Å²) in [4.78, 5) is 0. The van der Waals surface area contributed by atoms with E-state index < -0.39 is 0 Å². The summed E-state index contributed by atoms with van der Waals surface area (Å²) < 4.78 is 0. The van der Waals surface area contributed by atoms with Gasteiger partial charge >= 0.3 is 0 Å². The zero-order valence-corrected chi connectivity index (χ0v) is 14.4. The molecule has 0 fully saturated rings. The number of hydrogen-bond donors (Lipinski definition) is 4. The van der Waals surface area contributed by atoms with Crippen LogP contribution in [0.15, 0.2) is 42.5 Å². The lowest BCUT2D eigenvalue weighted by Crippen LogP contribution is -1.93. The molecule has 0 saturated carbocycles. The molecule has 0 saturated heterocycles. The van der Waals surface area contributed by atoms with Crippen LogP contribution < -0.4 is 0 Å². The monoisotopic (exact) mass is 332 g/mol. The molecule has 1 unspecified atom stereocenters. The first-order chi connectivity index (χ1) is 11.4. The molecular weight excluding hydrogens is 304 g/mol. The van der Waals surface area contributed by atoms with Crippen molar-refractivity contribution in [1.29, 1.82) is 0 Å². The summed E-state index contributed by atoms with van der Waals surface area (Å²) in [5.74, 6) is 1.65. The SMILES string of the molecule is CCC(C)CCCCc1cc(O)ccc1O.Oc1ccc(O)cc1. The molecular formula is C20H28O4. The zero-order valence-electron chi connectivity index (χ0n) is 14.4. The van der Waals surface area contributed by atoms with Crippen LogP contribution in [0.3, 0.4) is 0 Å². The Labute approximate surface area is 144 Å². The summed E-state index contributed by atoms with van der Waals surface area (Å²) in [5, 5.41) is 36.2. The van der Waals surface area contributed by atoms with Crippen LogP contribution in [0.5, 0.6) is 23.0 Å². The van der Waals surface area contributed by atoms with E-state index in [1.165, 1.54) is 49.6 Å². The van der Waals surface area contributed by atoms with Gasteiger partial charge in [0.05, 0.1) is 0 Å². The maximum Gasteiger partial charge on any atom is 0.119 e. The normalized spacial score (nSPS) is 11.4. The fourth-order valence-corrected chi connectivity index (χ4v) is 2.24. The van der Waals surface area contributed by atoms with Crippen molar-refractivity contribution in [2.24, 2.45) is 5.92 Å². The van der Waals surface area contributed by atoms with Gasteiger partial charge in [0, 0.05) is 0 Å². The number of benzene rings is 2. The van der Waals surface area contributed by atoms with E-state index in [4.69, 9.17) is 10.2 Å². The van der Waals surface area contributed by atoms with E-state index >= 15 is 0 Å². The molecule has 0 spiro atoms. The Morgan fingerprint density at radius 1 is 0.792 bits per heavy atom. The molecule has 0 radical (unpaired) electrons. The predicted molar refractivity (Wildman–Crippen MR) is 96.6 cm³/mol. The fourth-order valence-electron chi connectivity index (χ4n) is 2.24. The van der Waals surface area contributed by atoms with E-state index in [0.717, 1.165) is 24.3 Å². The second kappa shape index (κ2) is 10.4. The first-order valence-electron chi connectivity index (χ1n) is 8.41. The molecule has 1 atom stereocenters. The molecule has 4 N–H and O–H groups in total. The summed E-state index contributed by atoms with van der Waals surface area (Å²) in [6, 6.07) is 10.4. The largest absolute Gasteiger partial charge is 0.508 e. The van der Waals surface area contributed by atoms with Gasteiger partial charge in [-0.05, 0) is 66.8 Å². The van der Waals surface area contributed by atoms with Crippen molar-refractivity contribution < 1.29 is 20.4 Å². The van der Waals surface area contributed by atoms with Gasteiger partial charge in [0.25, 0.3) is 0 Å². The van der Waals surface area contributed by atoms with Crippen LogP contribution in [-0.2, 0) is 6.42 Å². The molecule has 2 rings (SSSR count). The van der Waals surface area contributed by atoms with Crippen molar-refractivity contribution in [1.82, 2.24) is 0 Å². The van der Waals surface area contributed by atoms with Crippen LogP contribution in [0.25, 0.3) is 0 Å². The third-order valence-corrected chi connectivity index (χ3v) is 4.00. The standard InChI is InChI=1S/C14H22O2.C6H6O2/c1-3-11(2)6-4-5-7-12-10-13(15)8-9-14(12)16;7-5-1-2-6(8)4-3-5/h8-11,15-16H,3-7H2,1-2H3;1-4,7-8H. The Morgan fingerprint density at radius 3 is 1.88 bits per heavy atom. The van der Waals surface area contributed by atoms with Gasteiger partial charge in [0.2, 0.25) is 0 Å². The lowest BCUT2D eigenvalue weighted by molar-refractivity contribution is 0.449. The Morgan fingerprint density at radius 2 is 1.33 bits per heavy atom. The Balaban J connectivity index is 0.000000300. The second-order valence-electron chi connectivity index (χ2n) is 6.09. The maximum atomic E-state index is 9.58. The summed E-state index contributed by atoms with van der Waals surface area (Å²) in [5.41, 5.74) is 0.851. The van der Waals surface area contributed by atoms with E-state index in [1.54, 1.807) is 12.1 Å². The second-order valence-corrected chi connectivity index (χ2v) is 6.09. The van der Waals surface area contributed by atoms with Crippen LogP contribution in [0, 0.1) is 5.92 Å². The number of rotatable bonds is 6. The van der Waals surface area contributed by atoms with Crippen molar-refractivity contribution in [2.75, 3.05) is 0 Å². The van der Waals surface area contributed by atoms with Crippen LogP contribution in [0.4, 0.5) is 0 Å². The number of phenolic OH excluding ortho intramolecular Hbond substituents is 4. The van der Waals surface area contributed by atoms with E-state index in [0.29, 0.717) is 5.75 Å². The Hall–Kier alpha value is -2.36. The van der Waals surface area contributed by atoms with Crippen molar-refractivity contribution >= 4 is 0 Å². The number of aryl methyl sites for hydroxylation is 1. The molecule has 24 heavy (non-hydrogen) atoms. The molecule has 4 heteroatoms. The van der Waals surface area contributed by atoms with Crippen molar-refractivity contribution in [3.8, 4) is 23.0 Å². The van der Waals surface area contributed by atoms with Gasteiger partial charge in [-0.3, -0.25) is 0 Å². The highest BCUT2D eigenvalue weighted by Gasteiger charge is 2.03. The quantitative estimate of drug-likeness (QED) is 0.445. The van der Waals surface area contributed by atoms with Crippen molar-refractivity contribution in [2.45, 2.75) is 46.0 Å². The average molecular weight is 332 g/mol. The summed E-state index contributed by atoms with van der Waals surface area (Å²) >= 11 is 0. The summed E-state index contributed by atoms with van der Waals surface area (Å²) in [7, 11) is 0. The zero-order chi connectivity index (χ0) is 17.9. The molecule has 132 valence electrons. The predicted octanol–water partition coefficient (Wildman–Crippen LogP) is 4.95. The van der Waals surface area contributed by atoms with Gasteiger partial charge in [-0.25, -0.2) is 0 Å². The highest BCUT2D eigenvalue weighted by Crippen LogP contribution is 2.24. The smallest absolute Gasteiger partial charge is 0.119 e. The topological polar surface area (TPSA) is 80.9 Å². The van der Waals surface area contributed by atoms with Crippen LogP contribution in [0.1, 0.15) is 45.1 Å².